The fraction of sp³-hybridized carbons (Fsp3) is 0.600. The lowest BCUT2D eigenvalue weighted by molar-refractivity contribution is -0.141. The van der Waals surface area contributed by atoms with Crippen LogP contribution in [0.4, 0.5) is 0 Å². The fourth-order valence-corrected chi connectivity index (χ4v) is 2.06. The Morgan fingerprint density at radius 2 is 2.26 bits per heavy atom. The molecule has 0 aromatic carbocycles. The number of hydrogen-bond acceptors (Lipinski definition) is 6. The molecule has 0 saturated carbocycles. The molecule has 1 saturated heterocycles. The Morgan fingerprint density at radius 1 is 1.53 bits per heavy atom. The van der Waals surface area contributed by atoms with E-state index in [2.05, 4.69) is 10.3 Å². The number of aliphatic carboxylic acids is 1. The van der Waals surface area contributed by atoms with E-state index < -0.39 is 24.0 Å². The van der Waals surface area contributed by atoms with Gasteiger partial charge < -0.3 is 20.8 Å². The van der Waals surface area contributed by atoms with Gasteiger partial charge in [0.2, 0.25) is 0 Å². The molecule has 1 aliphatic heterocycles. The number of nitrogens with two attached hydrogens (primary N) is 1. The molecule has 1 amide bonds. The molecule has 2 rings (SSSR count). The van der Waals surface area contributed by atoms with E-state index in [4.69, 9.17) is 10.8 Å². The first-order valence-corrected chi connectivity index (χ1v) is 5.85. The third-order valence-corrected chi connectivity index (χ3v) is 2.94. The number of β-amino-alcohol motifs (C(OH)–C–C–N with tert-alkyl or cyclic N) is 1. The fourth-order valence-electron chi connectivity index (χ4n) is 2.06. The molecule has 4 N–H and O–H groups in total. The maximum atomic E-state index is 12.1. The van der Waals surface area contributed by atoms with Crippen LogP contribution >= 0.6 is 0 Å². The van der Waals surface area contributed by atoms with Gasteiger partial charge in [-0.15, -0.1) is 5.10 Å². The Labute approximate surface area is 108 Å². The molecule has 0 spiro atoms. The van der Waals surface area contributed by atoms with E-state index in [0.717, 1.165) is 4.90 Å². The number of aliphatic hydroxyl groups excluding tert-OH is 1. The first kappa shape index (κ1) is 13.4. The van der Waals surface area contributed by atoms with E-state index in [-0.39, 0.29) is 18.7 Å². The monoisotopic (exact) mass is 269 g/mol. The minimum atomic E-state index is -1.14. The summed E-state index contributed by atoms with van der Waals surface area (Å²) < 4.78 is 1.41. The average Bonchev–Trinajstić information content (AvgIpc) is 2.95. The number of carbonyl (C=O) groups excluding carboxylic acids is 1. The summed E-state index contributed by atoms with van der Waals surface area (Å²) in [5.74, 6) is -1.69. The van der Waals surface area contributed by atoms with Crippen molar-refractivity contribution in [2.75, 3.05) is 13.1 Å². The molecule has 0 bridgehead atoms. The molecule has 2 atom stereocenters. The van der Waals surface area contributed by atoms with Gasteiger partial charge in [-0.2, -0.15) is 0 Å². The number of aromatic nitrogens is 3. The van der Waals surface area contributed by atoms with E-state index >= 15 is 0 Å². The van der Waals surface area contributed by atoms with Gasteiger partial charge in [0, 0.05) is 19.5 Å². The zero-order valence-corrected chi connectivity index (χ0v) is 10.1. The first-order valence-electron chi connectivity index (χ1n) is 5.85. The van der Waals surface area contributed by atoms with Crippen molar-refractivity contribution in [2.24, 2.45) is 5.73 Å². The Balaban J connectivity index is 2.15. The molecule has 104 valence electrons. The summed E-state index contributed by atoms with van der Waals surface area (Å²) in [4.78, 5) is 24.3. The van der Waals surface area contributed by atoms with Crippen LogP contribution in [0.5, 0.6) is 0 Å². The molecular formula is C10H15N5O4. The van der Waals surface area contributed by atoms with E-state index in [1.807, 2.05) is 0 Å². The second-order valence-electron chi connectivity index (χ2n) is 4.36. The zero-order chi connectivity index (χ0) is 14.0. The molecule has 1 aromatic heterocycles. The molecule has 1 fully saturated rings. The van der Waals surface area contributed by atoms with Crippen LogP contribution in [0.3, 0.4) is 0 Å². The molecular weight excluding hydrogens is 254 g/mol. The van der Waals surface area contributed by atoms with Crippen LogP contribution in [0, 0.1) is 0 Å². The van der Waals surface area contributed by atoms with Gasteiger partial charge in [-0.1, -0.05) is 5.21 Å². The SMILES string of the molecule is NCCn1cc(C(=O)N2C[C@H](O)C[C@H]2C(=O)O)nn1. The normalized spacial score (nSPS) is 22.7. The molecule has 0 aliphatic carbocycles. The van der Waals surface area contributed by atoms with E-state index in [9.17, 15) is 14.7 Å². The Bertz CT molecular complexity index is 488. The van der Waals surface area contributed by atoms with Crippen LogP contribution in [0.1, 0.15) is 16.9 Å². The summed E-state index contributed by atoms with van der Waals surface area (Å²) in [7, 11) is 0. The molecule has 9 heteroatoms. The Hall–Kier alpha value is -2.00. The summed E-state index contributed by atoms with van der Waals surface area (Å²) in [6.07, 6.45) is 0.612. The Kier molecular flexibility index (Phi) is 3.76. The standard InChI is InChI=1S/C10H15N5O4/c11-1-2-14-5-7(12-13-14)9(17)15-4-6(16)3-8(15)10(18)19/h5-6,8,16H,1-4,11H2,(H,18,19)/t6-,8+/m1/s1. The number of aliphatic hydroxyl groups is 1. The molecule has 19 heavy (non-hydrogen) atoms. The lowest BCUT2D eigenvalue weighted by Crippen LogP contribution is -2.40. The van der Waals surface area contributed by atoms with Crippen molar-refractivity contribution in [1.29, 1.82) is 0 Å². The third-order valence-electron chi connectivity index (χ3n) is 2.94. The average molecular weight is 269 g/mol. The predicted molar refractivity (Wildman–Crippen MR) is 62.2 cm³/mol. The molecule has 0 unspecified atom stereocenters. The van der Waals surface area contributed by atoms with Crippen LogP contribution < -0.4 is 5.73 Å². The number of carboxylic acid groups (broad SMARTS) is 1. The number of amides is 1. The van der Waals surface area contributed by atoms with Crippen molar-refractivity contribution < 1.29 is 19.8 Å². The number of rotatable bonds is 4. The second-order valence-corrected chi connectivity index (χ2v) is 4.36. The Morgan fingerprint density at radius 3 is 2.89 bits per heavy atom. The van der Waals surface area contributed by atoms with E-state index in [0.29, 0.717) is 13.1 Å². The summed E-state index contributed by atoms with van der Waals surface area (Å²) in [5, 5.41) is 25.9. The van der Waals surface area contributed by atoms with Gasteiger partial charge in [0.1, 0.15) is 6.04 Å². The van der Waals surface area contributed by atoms with Crippen LogP contribution in [0.2, 0.25) is 0 Å². The van der Waals surface area contributed by atoms with Gasteiger partial charge in [0.25, 0.3) is 5.91 Å². The predicted octanol–water partition coefficient (Wildman–Crippen LogP) is -2.10. The van der Waals surface area contributed by atoms with Crippen LogP contribution in [0.25, 0.3) is 0 Å². The van der Waals surface area contributed by atoms with Crippen LogP contribution in [0.15, 0.2) is 6.20 Å². The third kappa shape index (κ3) is 2.71. The molecule has 0 radical (unpaired) electrons. The number of nitrogens with zero attached hydrogens (tertiary/aromatic N) is 4. The van der Waals surface area contributed by atoms with Crippen molar-refractivity contribution in [1.82, 2.24) is 19.9 Å². The van der Waals surface area contributed by atoms with Crippen LogP contribution in [-0.2, 0) is 11.3 Å². The first-order chi connectivity index (χ1) is 9.02. The summed E-state index contributed by atoms with van der Waals surface area (Å²) in [6.45, 7) is 0.766. The summed E-state index contributed by atoms with van der Waals surface area (Å²) in [5.41, 5.74) is 5.40. The second kappa shape index (κ2) is 5.33. The number of carboxylic acids is 1. The van der Waals surface area contributed by atoms with Gasteiger partial charge in [0.15, 0.2) is 5.69 Å². The highest BCUT2D eigenvalue weighted by Crippen LogP contribution is 2.20. The highest BCUT2D eigenvalue weighted by atomic mass is 16.4. The molecule has 2 heterocycles. The van der Waals surface area contributed by atoms with Crippen molar-refractivity contribution in [3.05, 3.63) is 11.9 Å². The van der Waals surface area contributed by atoms with Gasteiger partial charge in [-0.25, -0.2) is 4.79 Å². The molecule has 9 nitrogen and oxygen atoms in total. The highest BCUT2D eigenvalue weighted by molar-refractivity contribution is 5.95. The topological polar surface area (TPSA) is 135 Å². The van der Waals surface area contributed by atoms with Crippen molar-refractivity contribution in [3.63, 3.8) is 0 Å². The minimum Gasteiger partial charge on any atom is -0.480 e. The molecule has 1 aliphatic rings. The van der Waals surface area contributed by atoms with E-state index in [1.54, 1.807) is 0 Å². The zero-order valence-electron chi connectivity index (χ0n) is 10.1. The van der Waals surface area contributed by atoms with Gasteiger partial charge in [-0.05, 0) is 0 Å². The summed E-state index contributed by atoms with van der Waals surface area (Å²) >= 11 is 0. The van der Waals surface area contributed by atoms with Crippen molar-refractivity contribution >= 4 is 11.9 Å². The smallest absolute Gasteiger partial charge is 0.326 e. The number of hydrogen-bond donors (Lipinski definition) is 3. The van der Waals surface area contributed by atoms with Gasteiger partial charge in [0.05, 0.1) is 18.8 Å². The van der Waals surface area contributed by atoms with Gasteiger partial charge in [-0.3, -0.25) is 9.48 Å². The lowest BCUT2D eigenvalue weighted by atomic mass is 10.2. The maximum Gasteiger partial charge on any atom is 0.326 e. The lowest BCUT2D eigenvalue weighted by Gasteiger charge is -2.19. The highest BCUT2D eigenvalue weighted by Gasteiger charge is 2.40. The maximum absolute atomic E-state index is 12.1. The van der Waals surface area contributed by atoms with Crippen molar-refractivity contribution in [2.45, 2.75) is 25.1 Å². The molecule has 1 aromatic rings. The van der Waals surface area contributed by atoms with Crippen LogP contribution in [-0.4, -0.2) is 67.2 Å². The van der Waals surface area contributed by atoms with Gasteiger partial charge >= 0.3 is 5.97 Å². The van der Waals surface area contributed by atoms with E-state index in [1.165, 1.54) is 10.9 Å². The quantitative estimate of drug-likeness (QED) is 0.569. The number of likely N-dealkylation sites (tertiary alicyclic amines) is 1. The van der Waals surface area contributed by atoms with Crippen molar-refractivity contribution in [3.8, 4) is 0 Å². The minimum absolute atomic E-state index is 0.0143. The summed E-state index contributed by atoms with van der Waals surface area (Å²) in [6, 6.07) is -1.03. The number of carbonyl (C=O) groups is 2. The largest absolute Gasteiger partial charge is 0.480 e.